The predicted molar refractivity (Wildman–Crippen MR) is 128 cm³/mol. The summed E-state index contributed by atoms with van der Waals surface area (Å²) in [5.41, 5.74) is 1.96. The van der Waals surface area contributed by atoms with Gasteiger partial charge in [-0.1, -0.05) is 58.0 Å². The lowest BCUT2D eigenvalue weighted by Crippen LogP contribution is -1.96. The van der Waals surface area contributed by atoms with Crippen LogP contribution in [-0.2, 0) is 0 Å². The Labute approximate surface area is 187 Å². The number of ether oxygens (including phenoxy) is 1. The molecule has 4 aromatic rings. The van der Waals surface area contributed by atoms with Crippen LogP contribution in [0.15, 0.2) is 75.6 Å². The van der Waals surface area contributed by atoms with Crippen LogP contribution in [0, 0.1) is 0 Å². The first-order chi connectivity index (χ1) is 14.3. The number of pyridine rings is 2. The lowest BCUT2D eigenvalue weighted by atomic mass is 10.2. The fourth-order valence-electron chi connectivity index (χ4n) is 3.12. The highest BCUT2D eigenvalue weighted by Crippen LogP contribution is 2.44. The molecule has 0 radical (unpaired) electrons. The summed E-state index contributed by atoms with van der Waals surface area (Å²) in [6.45, 7) is 2.64. The van der Waals surface area contributed by atoms with E-state index in [1.54, 1.807) is 11.8 Å². The quantitative estimate of drug-likeness (QED) is 0.150. The number of hydrogen-bond acceptors (Lipinski definition) is 5. The molecule has 0 saturated carbocycles. The first kappa shape index (κ1) is 20.5. The smallest absolute Gasteiger partial charge is 0.144 e. The van der Waals surface area contributed by atoms with Crippen molar-refractivity contribution in [3.8, 4) is 5.75 Å². The van der Waals surface area contributed by atoms with E-state index in [1.807, 2.05) is 55.3 Å². The van der Waals surface area contributed by atoms with Crippen molar-refractivity contribution >= 4 is 61.3 Å². The SMILES string of the molecule is CCOc1c(Sc2c(SCCCBr)cnc3ccccc23)cnc2ccccc12. The van der Waals surface area contributed by atoms with E-state index in [0.29, 0.717) is 6.61 Å². The number of halogens is 1. The molecule has 0 N–H and O–H groups in total. The second-order valence-electron chi connectivity index (χ2n) is 6.36. The van der Waals surface area contributed by atoms with E-state index in [4.69, 9.17) is 4.74 Å². The van der Waals surface area contributed by atoms with Crippen molar-refractivity contribution in [2.24, 2.45) is 0 Å². The number of rotatable bonds is 8. The second kappa shape index (κ2) is 9.83. The van der Waals surface area contributed by atoms with E-state index in [1.165, 1.54) is 9.79 Å². The molecule has 3 nitrogen and oxygen atoms in total. The van der Waals surface area contributed by atoms with Crippen molar-refractivity contribution in [2.75, 3.05) is 17.7 Å². The number of nitrogens with zero attached hydrogens (tertiary/aromatic N) is 2. The summed E-state index contributed by atoms with van der Waals surface area (Å²) in [6.07, 6.45) is 5.04. The van der Waals surface area contributed by atoms with E-state index in [2.05, 4.69) is 50.2 Å². The van der Waals surface area contributed by atoms with Gasteiger partial charge in [0.25, 0.3) is 0 Å². The minimum absolute atomic E-state index is 0.617. The molecule has 4 rings (SSSR count). The van der Waals surface area contributed by atoms with Crippen LogP contribution in [0.2, 0.25) is 0 Å². The molecular weight excluding hydrogens is 464 g/mol. The molecule has 0 unspecified atom stereocenters. The first-order valence-electron chi connectivity index (χ1n) is 9.56. The maximum atomic E-state index is 6.08. The molecule has 0 bridgehead atoms. The van der Waals surface area contributed by atoms with Crippen LogP contribution in [0.5, 0.6) is 5.75 Å². The minimum atomic E-state index is 0.617. The van der Waals surface area contributed by atoms with Crippen LogP contribution < -0.4 is 4.74 Å². The third-order valence-electron chi connectivity index (χ3n) is 4.42. The standard InChI is InChI=1S/C23H21BrN2OS2/c1-2-27-22-16-8-3-5-10-18(16)25-14-20(22)29-23-17-9-4-6-11-19(17)26-15-21(23)28-13-7-12-24/h3-6,8-11,14-15H,2,7,12-13H2,1H3. The number of aromatic nitrogens is 2. The maximum absolute atomic E-state index is 6.08. The van der Waals surface area contributed by atoms with Crippen molar-refractivity contribution in [3.05, 3.63) is 60.9 Å². The van der Waals surface area contributed by atoms with Crippen LogP contribution in [0.25, 0.3) is 21.8 Å². The molecule has 0 aliphatic carbocycles. The van der Waals surface area contributed by atoms with Crippen LogP contribution in [-0.4, -0.2) is 27.7 Å². The molecule has 6 heteroatoms. The highest BCUT2D eigenvalue weighted by molar-refractivity contribution is 9.09. The zero-order valence-electron chi connectivity index (χ0n) is 16.1. The van der Waals surface area contributed by atoms with Crippen molar-refractivity contribution in [2.45, 2.75) is 28.0 Å². The number of hydrogen-bond donors (Lipinski definition) is 0. The first-order valence-corrected chi connectivity index (χ1v) is 12.5. The number of alkyl halides is 1. The van der Waals surface area contributed by atoms with Gasteiger partial charge >= 0.3 is 0 Å². The predicted octanol–water partition coefficient (Wildman–Crippen LogP) is 7.21. The third kappa shape index (κ3) is 4.55. The third-order valence-corrected chi connectivity index (χ3v) is 7.38. The molecule has 0 fully saturated rings. The monoisotopic (exact) mass is 484 g/mol. The van der Waals surface area contributed by atoms with E-state index < -0.39 is 0 Å². The maximum Gasteiger partial charge on any atom is 0.144 e. The lowest BCUT2D eigenvalue weighted by molar-refractivity contribution is 0.336. The number of thioether (sulfide) groups is 1. The van der Waals surface area contributed by atoms with Crippen LogP contribution >= 0.6 is 39.5 Å². The molecule has 0 saturated heterocycles. The summed E-state index contributed by atoms with van der Waals surface area (Å²) in [5.74, 6) is 1.95. The van der Waals surface area contributed by atoms with E-state index in [-0.39, 0.29) is 0 Å². The Morgan fingerprint density at radius 2 is 1.55 bits per heavy atom. The lowest BCUT2D eigenvalue weighted by Gasteiger charge is -2.15. The minimum Gasteiger partial charge on any atom is -0.492 e. The van der Waals surface area contributed by atoms with Crippen molar-refractivity contribution < 1.29 is 4.74 Å². The zero-order chi connectivity index (χ0) is 20.1. The van der Waals surface area contributed by atoms with Crippen LogP contribution in [0.3, 0.4) is 0 Å². The number of fused-ring (bicyclic) bond motifs is 2. The van der Waals surface area contributed by atoms with Gasteiger partial charge in [0, 0.05) is 38.3 Å². The molecule has 148 valence electrons. The van der Waals surface area contributed by atoms with Gasteiger partial charge in [-0.05, 0) is 37.3 Å². The van der Waals surface area contributed by atoms with Gasteiger partial charge in [-0.15, -0.1) is 11.8 Å². The largest absolute Gasteiger partial charge is 0.492 e. The summed E-state index contributed by atoms with van der Waals surface area (Å²) in [5, 5.41) is 3.22. The van der Waals surface area contributed by atoms with Gasteiger partial charge in [-0.3, -0.25) is 9.97 Å². The fraction of sp³-hybridized carbons (Fsp3) is 0.217. The Hall–Kier alpha value is -1.76. The van der Waals surface area contributed by atoms with Crippen molar-refractivity contribution in [3.63, 3.8) is 0 Å². The molecule has 2 heterocycles. The average Bonchev–Trinajstić information content (AvgIpc) is 2.76. The Kier molecular flexibility index (Phi) is 6.95. The summed E-state index contributed by atoms with van der Waals surface area (Å²) in [7, 11) is 0. The highest BCUT2D eigenvalue weighted by atomic mass is 79.9. The molecule has 0 aliphatic rings. The van der Waals surface area contributed by atoms with Gasteiger partial charge in [0.1, 0.15) is 5.75 Å². The summed E-state index contributed by atoms with van der Waals surface area (Å²) >= 11 is 7.10. The topological polar surface area (TPSA) is 35.0 Å². The highest BCUT2D eigenvalue weighted by Gasteiger charge is 2.16. The Morgan fingerprint density at radius 1 is 0.897 bits per heavy atom. The molecule has 2 aromatic carbocycles. The average molecular weight is 485 g/mol. The molecule has 0 spiro atoms. The molecule has 0 aliphatic heterocycles. The second-order valence-corrected chi connectivity index (χ2v) is 9.35. The molecule has 2 aromatic heterocycles. The van der Waals surface area contributed by atoms with Crippen LogP contribution in [0.1, 0.15) is 13.3 Å². The van der Waals surface area contributed by atoms with Gasteiger partial charge in [0.05, 0.1) is 22.5 Å². The van der Waals surface area contributed by atoms with E-state index in [9.17, 15) is 0 Å². The van der Waals surface area contributed by atoms with Gasteiger partial charge in [-0.25, -0.2) is 0 Å². The van der Waals surface area contributed by atoms with E-state index >= 15 is 0 Å². The van der Waals surface area contributed by atoms with Gasteiger partial charge in [0.2, 0.25) is 0 Å². The molecule has 29 heavy (non-hydrogen) atoms. The molecule has 0 amide bonds. The number of benzene rings is 2. The van der Waals surface area contributed by atoms with Gasteiger partial charge < -0.3 is 4.74 Å². The van der Waals surface area contributed by atoms with Gasteiger partial charge in [0.15, 0.2) is 0 Å². The van der Waals surface area contributed by atoms with Gasteiger partial charge in [-0.2, -0.15) is 0 Å². The van der Waals surface area contributed by atoms with Crippen molar-refractivity contribution in [1.29, 1.82) is 0 Å². The summed E-state index contributed by atoms with van der Waals surface area (Å²) in [6, 6.07) is 16.5. The summed E-state index contributed by atoms with van der Waals surface area (Å²) < 4.78 is 6.08. The number of para-hydroxylation sites is 2. The fourth-order valence-corrected chi connectivity index (χ4v) is 5.97. The Morgan fingerprint density at radius 3 is 2.28 bits per heavy atom. The van der Waals surface area contributed by atoms with Crippen LogP contribution in [0.4, 0.5) is 0 Å². The van der Waals surface area contributed by atoms with E-state index in [0.717, 1.165) is 50.0 Å². The zero-order valence-corrected chi connectivity index (χ0v) is 19.3. The van der Waals surface area contributed by atoms with Crippen molar-refractivity contribution in [1.82, 2.24) is 9.97 Å². The molecular formula is C23H21BrN2OS2. The Balaban J connectivity index is 1.82. The molecule has 0 atom stereocenters. The normalized spacial score (nSPS) is 11.2. The summed E-state index contributed by atoms with van der Waals surface area (Å²) in [4.78, 5) is 12.8. The Bertz CT molecular complexity index is 1140.